The number of fused-ring (bicyclic) bond motifs is 4. The molecule has 0 spiro atoms. The van der Waals surface area contributed by atoms with Crippen LogP contribution in [-0.4, -0.2) is 176 Å². The number of nitrogens with zero attached hydrogens (tertiary/aromatic N) is 23. The van der Waals surface area contributed by atoms with Gasteiger partial charge >= 0.3 is 12.2 Å². The fourth-order valence-corrected chi connectivity index (χ4v) is 14.7. The first-order valence-electron chi connectivity index (χ1n) is 39.4. The normalized spacial score (nSPS) is 12.8. The summed E-state index contributed by atoms with van der Waals surface area (Å²) in [5, 5.41) is 22.4. The number of piperazine rings is 1. The van der Waals surface area contributed by atoms with E-state index in [0.29, 0.717) is 62.9 Å². The van der Waals surface area contributed by atoms with Gasteiger partial charge in [0.2, 0.25) is 0 Å². The highest BCUT2D eigenvalue weighted by molar-refractivity contribution is 5.99. The number of para-hydroxylation sites is 4. The number of carbonyl (C=O) groups excluding carboxylic acids is 2. The monoisotopic (exact) mass is 1720 g/mol. The number of nitrogens with one attached hydrogen (secondary N) is 1. The number of ether oxygens (including phenoxy) is 3. The second-order valence-electron chi connectivity index (χ2n) is 28.9. The van der Waals surface area contributed by atoms with Crippen molar-refractivity contribution in [3.63, 3.8) is 0 Å². The van der Waals surface area contributed by atoms with Crippen LogP contribution in [0, 0.1) is 40.7 Å². The lowest BCUT2D eigenvalue weighted by Gasteiger charge is -2.35. The first-order valence-corrected chi connectivity index (χ1v) is 39.4. The van der Waals surface area contributed by atoms with Crippen molar-refractivity contribution in [2.75, 3.05) is 97.8 Å². The smallest absolute Gasteiger partial charge is 0.413 e. The molecule has 6 aromatic carbocycles. The molecule has 126 heavy (non-hydrogen) atoms. The number of carbonyl (C=O) groups is 2. The Balaban J connectivity index is 0.000000130. The van der Waals surface area contributed by atoms with Gasteiger partial charge in [0, 0.05) is 102 Å². The maximum Gasteiger partial charge on any atom is 0.413 e. The molecule has 1 saturated carbocycles. The zero-order chi connectivity index (χ0) is 88.4. The Bertz CT molecular complexity index is 6630. The van der Waals surface area contributed by atoms with Crippen molar-refractivity contribution in [2.24, 2.45) is 0 Å². The van der Waals surface area contributed by atoms with Gasteiger partial charge in [-0.3, -0.25) is 33.8 Å². The molecule has 1 aliphatic heterocycles. The lowest BCUT2D eigenvalue weighted by molar-refractivity contribution is 0.180. The average molecular weight is 1720 g/mol. The van der Waals surface area contributed by atoms with Gasteiger partial charge in [0.1, 0.15) is 104 Å². The van der Waals surface area contributed by atoms with E-state index in [9.17, 15) is 40.3 Å². The maximum absolute atomic E-state index is 14.8. The average Bonchev–Trinajstić information content (AvgIpc) is 1.62. The Morgan fingerprint density at radius 1 is 0.452 bits per heavy atom. The summed E-state index contributed by atoms with van der Waals surface area (Å²) in [5.41, 5.74) is 34.8. The third-order valence-corrected chi connectivity index (χ3v) is 20.6. The van der Waals surface area contributed by atoms with E-state index in [0.717, 1.165) is 74.0 Å². The zero-order valence-electron chi connectivity index (χ0n) is 68.0. The highest BCUT2D eigenvalue weighted by Crippen LogP contribution is 2.38. The number of benzene rings is 6. The predicted molar refractivity (Wildman–Crippen MR) is 457 cm³/mol. The molecule has 1 aliphatic carbocycles. The predicted octanol–water partition coefficient (Wildman–Crippen LogP) is 12.9. The van der Waals surface area contributed by atoms with Crippen LogP contribution in [0.1, 0.15) is 61.3 Å². The molecule has 41 heteroatoms. The van der Waals surface area contributed by atoms with E-state index in [2.05, 4.69) is 107 Å². The van der Waals surface area contributed by atoms with Crippen molar-refractivity contribution >= 4 is 102 Å². The van der Waals surface area contributed by atoms with Crippen LogP contribution in [0.5, 0.6) is 5.75 Å². The minimum atomic E-state index is -0.772. The van der Waals surface area contributed by atoms with E-state index in [1.807, 2.05) is 4.90 Å². The molecule has 34 nitrogen and oxygen atoms in total. The molecule has 10 aromatic heterocycles. The number of rotatable bonds is 19. The Labute approximate surface area is 712 Å². The van der Waals surface area contributed by atoms with Crippen molar-refractivity contribution in [3.8, 4) is 51.8 Å². The SMILES string of the molecule is CCCN1CCN(c2nc(-c3nn(Cc4ccccc4F)c4c(F)cccc34)ncc2F)CC1.COC(=O)N(C)c1c(N)nc(-c2nn(Cc3cncnc3)c3c(F)cccc23)nc1N.COC(=O)Nc1c(N)nc(-c2nn(Cc3cncnc3)c3c(F)cccc23)nc1N.Nc1nc(-c2nn(Cc3ccccc3F)c3c(F)cccc23)ncc1OC1CCCC1. The number of aromatic nitrogens is 20. The van der Waals surface area contributed by atoms with Crippen molar-refractivity contribution < 1.29 is 54.5 Å². The molecule has 0 unspecified atom stereocenters. The quantitative estimate of drug-likeness (QED) is 0.0409. The van der Waals surface area contributed by atoms with Crippen molar-refractivity contribution in [3.05, 3.63) is 234 Å². The third kappa shape index (κ3) is 18.4. The summed E-state index contributed by atoms with van der Waals surface area (Å²) >= 11 is 0. The van der Waals surface area contributed by atoms with Crippen LogP contribution in [0.25, 0.3) is 89.7 Å². The summed E-state index contributed by atoms with van der Waals surface area (Å²) in [6.45, 7) is 6.70. The molecular weight excluding hydrogens is 1640 g/mol. The number of hydrogen-bond donors (Lipinski definition) is 6. The van der Waals surface area contributed by atoms with Crippen molar-refractivity contribution in [2.45, 2.75) is 71.3 Å². The number of nitrogen functional groups attached to an aromatic ring is 5. The van der Waals surface area contributed by atoms with E-state index in [4.69, 9.17) is 33.4 Å². The fraction of sp³-hybridized carbons (Fsp3) is 0.224. The molecule has 2 fully saturated rings. The van der Waals surface area contributed by atoms with Gasteiger partial charge in [-0.15, -0.1) is 0 Å². The second-order valence-corrected chi connectivity index (χ2v) is 28.9. The zero-order valence-corrected chi connectivity index (χ0v) is 68.0. The minimum absolute atomic E-state index is 0.0157. The Morgan fingerprint density at radius 2 is 0.849 bits per heavy atom. The van der Waals surface area contributed by atoms with Crippen LogP contribution in [0.4, 0.5) is 86.6 Å². The number of anilines is 8. The number of nitrogens with two attached hydrogens (primary N) is 5. The fourth-order valence-electron chi connectivity index (χ4n) is 14.7. The highest BCUT2D eigenvalue weighted by Gasteiger charge is 2.30. The number of methoxy groups -OCH3 is 2. The molecule has 1 saturated heterocycles. The van der Waals surface area contributed by atoms with Gasteiger partial charge in [0.05, 0.1) is 58.9 Å². The van der Waals surface area contributed by atoms with Crippen LogP contribution >= 0.6 is 0 Å². The van der Waals surface area contributed by atoms with Crippen molar-refractivity contribution in [1.82, 2.24) is 104 Å². The van der Waals surface area contributed by atoms with Gasteiger partial charge in [-0.05, 0) is 75.0 Å². The molecule has 11 N–H and O–H groups in total. The summed E-state index contributed by atoms with van der Waals surface area (Å²) in [4.78, 5) is 78.8. The topological polar surface area (TPSA) is 440 Å². The first-order chi connectivity index (χ1) is 61.0. The van der Waals surface area contributed by atoms with Gasteiger partial charge in [-0.2, -0.15) is 20.4 Å². The molecule has 0 bridgehead atoms. The summed E-state index contributed by atoms with van der Waals surface area (Å²) in [6.07, 6.45) is 16.0. The van der Waals surface area contributed by atoms with Gasteiger partial charge < -0.3 is 47.8 Å². The van der Waals surface area contributed by atoms with Gasteiger partial charge in [-0.25, -0.2) is 100 Å². The first kappa shape index (κ1) is 85.3. The van der Waals surface area contributed by atoms with Crippen molar-refractivity contribution in [1.29, 1.82) is 0 Å². The van der Waals surface area contributed by atoms with E-state index in [-0.39, 0.29) is 141 Å². The lowest BCUT2D eigenvalue weighted by Crippen LogP contribution is -2.47. The van der Waals surface area contributed by atoms with E-state index in [1.165, 1.54) is 95.2 Å². The van der Waals surface area contributed by atoms with Crippen LogP contribution in [-0.2, 0) is 35.7 Å². The molecule has 2 amide bonds. The summed E-state index contributed by atoms with van der Waals surface area (Å²) in [6, 6.07) is 31.1. The lowest BCUT2D eigenvalue weighted by atomic mass is 10.2. The molecule has 16 aromatic rings. The van der Waals surface area contributed by atoms with Crippen LogP contribution in [0.15, 0.2) is 171 Å². The molecule has 0 atom stereocenters. The Morgan fingerprint density at radius 3 is 1.27 bits per heavy atom. The molecule has 18 rings (SSSR count). The third-order valence-electron chi connectivity index (χ3n) is 20.6. The van der Waals surface area contributed by atoms with Gasteiger partial charge in [-0.1, -0.05) is 91.9 Å². The molecule has 11 heterocycles. The van der Waals surface area contributed by atoms with Crippen LogP contribution in [0.2, 0.25) is 0 Å². The van der Waals surface area contributed by atoms with Gasteiger partial charge in [0.25, 0.3) is 0 Å². The molecule has 0 radical (unpaired) electrons. The summed E-state index contributed by atoms with van der Waals surface area (Å²) in [7, 11) is 3.85. The molecular formula is C85H80F7N29O5. The minimum Gasteiger partial charge on any atom is -0.485 e. The Hall–Kier alpha value is -15.7. The van der Waals surface area contributed by atoms with E-state index < -0.39 is 47.1 Å². The highest BCUT2D eigenvalue weighted by atomic mass is 19.2. The van der Waals surface area contributed by atoms with Gasteiger partial charge in [0.15, 0.2) is 69.8 Å². The van der Waals surface area contributed by atoms with Crippen LogP contribution in [0.3, 0.4) is 0 Å². The van der Waals surface area contributed by atoms with E-state index in [1.54, 1.807) is 110 Å². The summed E-state index contributed by atoms with van der Waals surface area (Å²) in [5.74, 6) is -1.90. The molecule has 2 aliphatic rings. The Kier molecular flexibility index (Phi) is 25.5. The van der Waals surface area contributed by atoms with Crippen LogP contribution < -0.4 is 48.5 Å². The number of halogens is 7. The summed E-state index contributed by atoms with van der Waals surface area (Å²) < 4.78 is 123. The molecule has 644 valence electrons. The number of amides is 2. The maximum atomic E-state index is 14.8. The standard InChI is InChI=1S/C25H25F3N6.C23H21F2N5O.C19H18FN9O2.C18H16FN9O2/c1-2-10-32-11-13-33(14-12-32)25-21(28)15-29-24(30-25)22-18-7-5-9-20(27)23(18)34(31-22)16-17-6-3-4-8-19(17)26;24-17-10-4-1-6-14(17)13-30-21-16(9-5-11-18(21)25)20(29-30)23-27-12-19(22(26)28-23)31-15-7-2-3-8-15;1-28(19(30)31-2)15-16(21)25-18(26-17(15)22)13-11-4-3-5-12(20)14(11)29(27-13)8-10-6-23-9-24-7-10;1-30-18(29)24-13-15(20)25-17(26-16(13)21)12-10-3-2-4-11(19)14(10)28(27-12)7-9-5-22-8-23-6-9/h3-9,15H,2,10-14,16H2,1H3;1,4-6,9-12,15H,2-3,7-8,13H2,(H2,26,27,28);3-7,9H,8H2,1-2H3,(H4,21,22,25,26);2-6,8H,7H2,1H3,(H,24,29)(H4,20,21,25,26). The second kappa shape index (κ2) is 37.7. The number of hydrogen-bond acceptors (Lipinski definition) is 28. The van der Waals surface area contributed by atoms with E-state index >= 15 is 0 Å². The largest absolute Gasteiger partial charge is 0.485 e.